The van der Waals surface area contributed by atoms with E-state index in [9.17, 15) is 9.90 Å². The number of aliphatic hydroxyl groups is 1. The number of benzene rings is 2. The molecule has 4 heterocycles. The molecule has 3 aromatic rings. The minimum atomic E-state index is -0.664. The van der Waals surface area contributed by atoms with Gasteiger partial charge in [0.1, 0.15) is 18.7 Å². The number of carbonyl (C=O) groups excluding carboxylic acids is 1. The summed E-state index contributed by atoms with van der Waals surface area (Å²) in [6, 6.07) is 16.9. The van der Waals surface area contributed by atoms with Crippen LogP contribution in [0.25, 0.3) is 22.2 Å². The molecule has 2 N–H and O–H groups in total. The van der Waals surface area contributed by atoms with Gasteiger partial charge in [-0.2, -0.15) is 0 Å². The summed E-state index contributed by atoms with van der Waals surface area (Å²) in [5.74, 6) is -0.117. The molecular weight excluding hydrogens is 490 g/mol. The Labute approximate surface area is 230 Å². The van der Waals surface area contributed by atoms with Crippen molar-refractivity contribution >= 4 is 33.8 Å². The SMILES string of the molecule is C#C.CC.CC1C(=O)NC/C1=c1/c2n(c3ccccc13)C(C)(C)O[C@H](CCOCO)N1C=2Cc2ccccc21. The Bertz CT molecular complexity index is 1500. The van der Waals surface area contributed by atoms with Crippen LogP contribution in [0.4, 0.5) is 5.69 Å². The zero-order chi connectivity index (χ0) is 28.3. The maximum Gasteiger partial charge on any atom is 0.227 e. The Morgan fingerprint density at radius 1 is 1.13 bits per heavy atom. The average molecular weight is 530 g/mol. The van der Waals surface area contributed by atoms with Gasteiger partial charge in [-0.05, 0) is 44.0 Å². The zero-order valence-corrected chi connectivity index (χ0v) is 23.5. The number of terminal acetylenes is 1. The maximum atomic E-state index is 12.6. The van der Waals surface area contributed by atoms with Gasteiger partial charge in [0.15, 0.2) is 0 Å². The highest BCUT2D eigenvalue weighted by Crippen LogP contribution is 2.41. The third-order valence-corrected chi connectivity index (χ3v) is 7.59. The van der Waals surface area contributed by atoms with E-state index in [4.69, 9.17) is 9.47 Å². The van der Waals surface area contributed by atoms with E-state index in [1.54, 1.807) is 0 Å². The fourth-order valence-corrected chi connectivity index (χ4v) is 6.06. The summed E-state index contributed by atoms with van der Waals surface area (Å²) >= 11 is 0. The maximum absolute atomic E-state index is 12.6. The zero-order valence-electron chi connectivity index (χ0n) is 23.5. The first-order valence-electron chi connectivity index (χ1n) is 13.6. The number of amides is 1. The van der Waals surface area contributed by atoms with Gasteiger partial charge in [-0.25, -0.2) is 0 Å². The van der Waals surface area contributed by atoms with Crippen molar-refractivity contribution in [1.82, 2.24) is 9.88 Å². The predicted molar refractivity (Wildman–Crippen MR) is 156 cm³/mol. The van der Waals surface area contributed by atoms with Crippen LogP contribution in [0.15, 0.2) is 48.5 Å². The Morgan fingerprint density at radius 3 is 2.51 bits per heavy atom. The molecule has 2 atom stereocenters. The summed E-state index contributed by atoms with van der Waals surface area (Å²) in [6.45, 7) is 10.8. The summed E-state index contributed by atoms with van der Waals surface area (Å²) in [4.78, 5) is 14.9. The van der Waals surface area contributed by atoms with Gasteiger partial charge in [-0.3, -0.25) is 4.79 Å². The van der Waals surface area contributed by atoms with Crippen molar-refractivity contribution in [2.75, 3.05) is 24.8 Å². The summed E-state index contributed by atoms with van der Waals surface area (Å²) in [5.41, 5.74) is 5.12. The molecule has 39 heavy (non-hydrogen) atoms. The van der Waals surface area contributed by atoms with Crippen LogP contribution in [0.3, 0.4) is 0 Å². The number of anilines is 1. The molecule has 0 radical (unpaired) electrons. The molecule has 1 unspecified atom stereocenters. The van der Waals surface area contributed by atoms with Crippen molar-refractivity contribution in [3.05, 3.63) is 64.7 Å². The Balaban J connectivity index is 0.000000845. The van der Waals surface area contributed by atoms with E-state index in [-0.39, 0.29) is 24.8 Å². The summed E-state index contributed by atoms with van der Waals surface area (Å²) in [6.07, 6.45) is 9.11. The molecular formula is C32H39N3O4. The van der Waals surface area contributed by atoms with Crippen LogP contribution in [0.2, 0.25) is 0 Å². The normalized spacial score (nSPS) is 22.0. The first-order valence-corrected chi connectivity index (χ1v) is 13.6. The van der Waals surface area contributed by atoms with Crippen molar-refractivity contribution in [1.29, 1.82) is 0 Å². The predicted octanol–water partition coefficient (Wildman–Crippen LogP) is 3.41. The lowest BCUT2D eigenvalue weighted by atomic mass is 10.00. The van der Waals surface area contributed by atoms with Crippen molar-refractivity contribution in [3.63, 3.8) is 0 Å². The number of nitrogens with one attached hydrogen (secondary N) is 1. The van der Waals surface area contributed by atoms with Crippen LogP contribution in [-0.4, -0.2) is 41.8 Å². The molecule has 7 heteroatoms. The number of carbonyl (C=O) groups is 1. The molecule has 3 aliphatic heterocycles. The van der Waals surface area contributed by atoms with E-state index >= 15 is 0 Å². The number of rotatable bonds is 4. The molecule has 206 valence electrons. The molecule has 1 fully saturated rings. The monoisotopic (exact) mass is 529 g/mol. The lowest BCUT2D eigenvalue weighted by Crippen LogP contribution is -2.42. The van der Waals surface area contributed by atoms with E-state index in [1.165, 1.54) is 11.3 Å². The van der Waals surface area contributed by atoms with Crippen LogP contribution in [-0.2, 0) is 26.4 Å². The van der Waals surface area contributed by atoms with Crippen molar-refractivity contribution < 1.29 is 19.4 Å². The van der Waals surface area contributed by atoms with Gasteiger partial charge in [0.05, 0.1) is 23.4 Å². The van der Waals surface area contributed by atoms with E-state index < -0.39 is 5.72 Å². The molecule has 3 aliphatic rings. The fourth-order valence-electron chi connectivity index (χ4n) is 6.06. The highest BCUT2D eigenvalue weighted by atomic mass is 16.6. The molecule has 0 bridgehead atoms. The molecule has 6 rings (SSSR count). The quantitative estimate of drug-likeness (QED) is 0.308. The van der Waals surface area contributed by atoms with Crippen LogP contribution < -0.4 is 20.8 Å². The van der Waals surface area contributed by atoms with Crippen molar-refractivity contribution in [2.24, 2.45) is 5.92 Å². The largest absolute Gasteiger partial charge is 0.371 e. The number of hydrogen-bond donors (Lipinski definition) is 2. The first kappa shape index (κ1) is 28.4. The number of nitrogens with zero attached hydrogens (tertiary/aromatic N) is 2. The van der Waals surface area contributed by atoms with Gasteiger partial charge in [0.2, 0.25) is 5.91 Å². The van der Waals surface area contributed by atoms with Gasteiger partial charge in [0.25, 0.3) is 0 Å². The minimum Gasteiger partial charge on any atom is -0.371 e. The van der Waals surface area contributed by atoms with Crippen LogP contribution >= 0.6 is 0 Å². The molecule has 0 saturated carbocycles. The molecule has 0 spiro atoms. The third kappa shape index (κ3) is 4.74. The minimum absolute atomic E-state index is 0.0729. The average Bonchev–Trinajstić information content (AvgIpc) is 3.59. The molecule has 1 aromatic heterocycles. The first-order chi connectivity index (χ1) is 18.9. The lowest BCUT2D eigenvalue weighted by Gasteiger charge is -2.35. The second-order valence-electron chi connectivity index (χ2n) is 10.0. The van der Waals surface area contributed by atoms with E-state index in [0.29, 0.717) is 19.6 Å². The van der Waals surface area contributed by atoms with Crippen molar-refractivity contribution in [2.45, 2.75) is 59.4 Å². The summed E-state index contributed by atoms with van der Waals surface area (Å²) < 4.78 is 14.5. The lowest BCUT2D eigenvalue weighted by molar-refractivity contribution is -0.126. The fraction of sp³-hybridized carbons (Fsp3) is 0.406. The number of aliphatic hydroxyl groups excluding tert-OH is 1. The van der Waals surface area contributed by atoms with Crippen LogP contribution in [0.1, 0.15) is 46.6 Å². The number of para-hydroxylation sites is 2. The van der Waals surface area contributed by atoms with Crippen LogP contribution in [0.5, 0.6) is 0 Å². The van der Waals surface area contributed by atoms with Gasteiger partial charge in [0, 0.05) is 41.4 Å². The van der Waals surface area contributed by atoms with Crippen LogP contribution in [0, 0.1) is 18.8 Å². The molecule has 1 amide bonds. The van der Waals surface area contributed by atoms with E-state index in [0.717, 1.165) is 39.2 Å². The van der Waals surface area contributed by atoms with Gasteiger partial charge >= 0.3 is 0 Å². The number of aromatic nitrogens is 1. The number of ether oxygens (including phenoxy) is 2. The summed E-state index contributed by atoms with van der Waals surface area (Å²) in [7, 11) is 0. The smallest absolute Gasteiger partial charge is 0.227 e. The highest BCUT2D eigenvalue weighted by Gasteiger charge is 2.41. The number of hydrogen-bond acceptors (Lipinski definition) is 5. The standard InChI is InChI=1S/C28H31N3O4.C2H6.C2H2/c1-17-20(15-29-27(17)33)25-19-9-5-7-11-22(19)31-26(25)23-14-18-8-4-6-10-21(18)30(23)24(12-13-34-16-32)35-28(31,2)3;2*1-2/h4-11,17,24,32H,12-16H2,1-3H3,(H,29,33);1-2H3;1-2H/b25-20-;;/t17?,24-;;/m1../s1. The Morgan fingerprint density at radius 2 is 1.82 bits per heavy atom. The number of fused-ring (bicyclic) bond motifs is 6. The Hall–Kier alpha value is -3.57. The second-order valence-corrected chi connectivity index (χ2v) is 10.0. The van der Waals surface area contributed by atoms with E-state index in [1.807, 2.05) is 20.8 Å². The second kappa shape index (κ2) is 11.7. The van der Waals surface area contributed by atoms with Gasteiger partial charge < -0.3 is 29.4 Å². The van der Waals surface area contributed by atoms with Gasteiger partial charge in [-0.1, -0.05) is 50.2 Å². The topological polar surface area (TPSA) is 76.0 Å². The van der Waals surface area contributed by atoms with Crippen molar-refractivity contribution in [3.8, 4) is 12.8 Å². The molecule has 1 saturated heterocycles. The molecule has 2 aromatic carbocycles. The third-order valence-electron chi connectivity index (χ3n) is 7.59. The summed E-state index contributed by atoms with van der Waals surface area (Å²) in [5, 5.41) is 15.7. The Kier molecular flexibility index (Phi) is 8.51. The van der Waals surface area contributed by atoms with E-state index in [2.05, 4.69) is 90.0 Å². The van der Waals surface area contributed by atoms with Gasteiger partial charge in [-0.15, -0.1) is 12.8 Å². The highest BCUT2D eigenvalue weighted by molar-refractivity contribution is 5.96. The molecule has 0 aliphatic carbocycles. The molecule has 7 nitrogen and oxygen atoms in total.